The minimum absolute atomic E-state index is 0.0104. The third-order valence-electron chi connectivity index (χ3n) is 4.31. The maximum absolute atomic E-state index is 12.2. The van der Waals surface area contributed by atoms with Crippen LogP contribution in [-0.4, -0.2) is 46.6 Å². The summed E-state index contributed by atoms with van der Waals surface area (Å²) in [6.45, 7) is 0.0104. The summed E-state index contributed by atoms with van der Waals surface area (Å²) >= 11 is 0. The second-order valence-electron chi connectivity index (χ2n) is 6.00. The lowest BCUT2D eigenvalue weighted by Crippen LogP contribution is -2.15. The molecule has 0 fully saturated rings. The first-order chi connectivity index (χ1) is 13.9. The number of aromatic hydroxyl groups is 1. The van der Waals surface area contributed by atoms with Gasteiger partial charge in [-0.15, -0.1) is 0 Å². The Kier molecular flexibility index (Phi) is 7.49. The number of esters is 1. The molecule has 1 heterocycles. The summed E-state index contributed by atoms with van der Waals surface area (Å²) in [5.74, 6) is -0.893. The Morgan fingerprint density at radius 3 is 2.17 bits per heavy atom. The molecule has 2 aromatic rings. The molecule has 0 unspecified atom stereocenters. The van der Waals surface area contributed by atoms with E-state index in [1.165, 1.54) is 35.5 Å². The quantitative estimate of drug-likeness (QED) is 0.624. The van der Waals surface area contributed by atoms with Crippen LogP contribution >= 0.6 is 0 Å². The van der Waals surface area contributed by atoms with Crippen molar-refractivity contribution in [3.05, 3.63) is 45.5 Å². The molecule has 0 saturated heterocycles. The Bertz CT molecular complexity index is 917. The van der Waals surface area contributed by atoms with Gasteiger partial charge in [-0.1, -0.05) is 0 Å². The highest BCUT2D eigenvalue weighted by molar-refractivity contribution is 5.72. The van der Waals surface area contributed by atoms with E-state index in [-0.39, 0.29) is 24.5 Å². The van der Waals surface area contributed by atoms with Gasteiger partial charge in [0.1, 0.15) is 18.1 Å². The van der Waals surface area contributed by atoms with Gasteiger partial charge in [0.25, 0.3) is 0 Å². The molecule has 0 radical (unpaired) electrons. The van der Waals surface area contributed by atoms with E-state index in [0.717, 1.165) is 6.07 Å². The predicted octanol–water partition coefficient (Wildman–Crippen LogP) is 2.21. The van der Waals surface area contributed by atoms with Gasteiger partial charge < -0.3 is 33.2 Å². The number of methoxy groups -OCH3 is 5. The molecule has 1 aromatic carbocycles. The van der Waals surface area contributed by atoms with Gasteiger partial charge in [-0.05, 0) is 6.07 Å². The highest BCUT2D eigenvalue weighted by Crippen LogP contribution is 2.43. The van der Waals surface area contributed by atoms with Gasteiger partial charge in [0, 0.05) is 24.8 Å². The van der Waals surface area contributed by atoms with Crippen molar-refractivity contribution in [2.75, 3.05) is 35.5 Å². The van der Waals surface area contributed by atoms with Crippen molar-refractivity contribution in [1.29, 1.82) is 0 Å². The molecule has 9 nitrogen and oxygen atoms in total. The van der Waals surface area contributed by atoms with E-state index in [1.807, 2.05) is 0 Å². The number of rotatable bonds is 9. The Morgan fingerprint density at radius 1 is 1.00 bits per heavy atom. The number of ether oxygens (including phenoxy) is 5. The summed E-state index contributed by atoms with van der Waals surface area (Å²) in [7, 11) is 7.05. The molecular formula is C20H24O9. The van der Waals surface area contributed by atoms with Crippen LogP contribution in [-0.2, 0) is 20.9 Å². The standard InChI is InChI=1S/C20H24O9/c1-24-10-11-6-14(21)19(23)20(29-11)13(8-18(22)28-5)12-7-16(26-3)17(27-4)9-15(12)25-2/h6-7,9,13,23H,8,10H2,1-5H3/t13-/m0/s1. The zero-order valence-electron chi connectivity index (χ0n) is 16.9. The molecule has 1 aromatic heterocycles. The van der Waals surface area contributed by atoms with Crippen molar-refractivity contribution in [3.63, 3.8) is 0 Å². The fraction of sp³-hybridized carbons (Fsp3) is 0.400. The van der Waals surface area contributed by atoms with Gasteiger partial charge in [0.2, 0.25) is 11.2 Å². The average Bonchev–Trinajstić information content (AvgIpc) is 2.73. The maximum atomic E-state index is 12.2. The van der Waals surface area contributed by atoms with Crippen molar-refractivity contribution in [3.8, 4) is 23.0 Å². The second-order valence-corrected chi connectivity index (χ2v) is 6.00. The highest BCUT2D eigenvalue weighted by Gasteiger charge is 2.30. The van der Waals surface area contributed by atoms with Crippen LogP contribution < -0.4 is 19.6 Å². The second kappa shape index (κ2) is 9.83. The molecule has 0 spiro atoms. The SMILES string of the molecule is COCc1cc(=O)c(O)c([C@@H](CC(=O)OC)c2cc(OC)c(OC)cc2OC)o1. The number of carbonyl (C=O) groups is 1. The van der Waals surface area contributed by atoms with Crippen LogP contribution in [0.2, 0.25) is 0 Å². The normalized spacial score (nSPS) is 11.6. The molecule has 0 amide bonds. The van der Waals surface area contributed by atoms with E-state index in [9.17, 15) is 14.7 Å². The van der Waals surface area contributed by atoms with Crippen LogP contribution in [0.4, 0.5) is 0 Å². The predicted molar refractivity (Wildman–Crippen MR) is 102 cm³/mol. The van der Waals surface area contributed by atoms with Crippen LogP contribution in [0.3, 0.4) is 0 Å². The minimum atomic E-state index is -0.901. The molecule has 0 aliphatic carbocycles. The Hall–Kier alpha value is -3.20. The molecule has 1 atom stereocenters. The van der Waals surface area contributed by atoms with Crippen LogP contribution in [0.5, 0.6) is 23.0 Å². The van der Waals surface area contributed by atoms with Crippen LogP contribution in [0.15, 0.2) is 27.4 Å². The van der Waals surface area contributed by atoms with Crippen LogP contribution in [0.25, 0.3) is 0 Å². The lowest BCUT2D eigenvalue weighted by atomic mass is 9.91. The van der Waals surface area contributed by atoms with Gasteiger partial charge >= 0.3 is 5.97 Å². The van der Waals surface area contributed by atoms with Crippen molar-refractivity contribution in [1.82, 2.24) is 0 Å². The van der Waals surface area contributed by atoms with Crippen molar-refractivity contribution in [2.24, 2.45) is 0 Å². The maximum Gasteiger partial charge on any atom is 0.306 e. The fourth-order valence-electron chi connectivity index (χ4n) is 2.92. The van der Waals surface area contributed by atoms with E-state index in [1.54, 1.807) is 12.1 Å². The zero-order valence-corrected chi connectivity index (χ0v) is 16.9. The molecule has 158 valence electrons. The summed E-state index contributed by atoms with van der Waals surface area (Å²) in [6, 6.07) is 4.30. The molecule has 2 rings (SSSR count). The van der Waals surface area contributed by atoms with Crippen LogP contribution in [0, 0.1) is 0 Å². The molecule has 1 N–H and O–H groups in total. The molecule has 0 aliphatic heterocycles. The monoisotopic (exact) mass is 408 g/mol. The summed E-state index contributed by atoms with van der Waals surface area (Å²) in [4.78, 5) is 24.4. The lowest BCUT2D eigenvalue weighted by Gasteiger charge is -2.21. The van der Waals surface area contributed by atoms with E-state index < -0.39 is 23.1 Å². The Balaban J connectivity index is 2.76. The molecular weight excluding hydrogens is 384 g/mol. The number of carbonyl (C=O) groups excluding carboxylic acids is 1. The summed E-state index contributed by atoms with van der Waals surface area (Å²) in [5, 5.41) is 10.4. The number of benzene rings is 1. The summed E-state index contributed by atoms with van der Waals surface area (Å²) < 4.78 is 31.6. The third-order valence-corrected chi connectivity index (χ3v) is 4.31. The van der Waals surface area contributed by atoms with Crippen molar-refractivity contribution < 1.29 is 38.0 Å². The highest BCUT2D eigenvalue weighted by atomic mass is 16.5. The average molecular weight is 408 g/mol. The van der Waals surface area contributed by atoms with E-state index >= 15 is 0 Å². The van der Waals surface area contributed by atoms with E-state index in [0.29, 0.717) is 22.8 Å². The molecule has 29 heavy (non-hydrogen) atoms. The smallest absolute Gasteiger partial charge is 0.306 e. The Labute approximate surface area is 167 Å². The first-order valence-corrected chi connectivity index (χ1v) is 8.61. The largest absolute Gasteiger partial charge is 0.502 e. The molecule has 0 aliphatic rings. The first kappa shape index (κ1) is 22.1. The lowest BCUT2D eigenvalue weighted by molar-refractivity contribution is -0.140. The fourth-order valence-corrected chi connectivity index (χ4v) is 2.92. The summed E-state index contributed by atoms with van der Waals surface area (Å²) in [5.41, 5.74) is -0.226. The third kappa shape index (κ3) is 4.80. The van der Waals surface area contributed by atoms with Gasteiger partial charge in [-0.3, -0.25) is 9.59 Å². The van der Waals surface area contributed by atoms with Gasteiger partial charge in [-0.25, -0.2) is 0 Å². The van der Waals surface area contributed by atoms with Gasteiger partial charge in [0.05, 0.1) is 40.8 Å². The van der Waals surface area contributed by atoms with Crippen molar-refractivity contribution >= 4 is 5.97 Å². The zero-order chi connectivity index (χ0) is 21.6. The Morgan fingerprint density at radius 2 is 1.62 bits per heavy atom. The number of hydrogen-bond acceptors (Lipinski definition) is 9. The van der Waals surface area contributed by atoms with Gasteiger partial charge in [0.15, 0.2) is 17.3 Å². The van der Waals surface area contributed by atoms with Crippen LogP contribution in [0.1, 0.15) is 29.4 Å². The first-order valence-electron chi connectivity index (χ1n) is 8.61. The van der Waals surface area contributed by atoms with E-state index in [4.69, 9.17) is 28.1 Å². The molecule has 0 bridgehead atoms. The van der Waals surface area contributed by atoms with E-state index in [2.05, 4.69) is 0 Å². The van der Waals surface area contributed by atoms with Gasteiger partial charge in [-0.2, -0.15) is 0 Å². The topological polar surface area (TPSA) is 114 Å². The molecule has 0 saturated carbocycles. The number of hydrogen-bond donors (Lipinski definition) is 1. The summed E-state index contributed by atoms with van der Waals surface area (Å²) in [6.07, 6.45) is -0.227. The molecule has 9 heteroatoms. The van der Waals surface area contributed by atoms with Crippen molar-refractivity contribution in [2.45, 2.75) is 18.9 Å². The minimum Gasteiger partial charge on any atom is -0.502 e.